The highest BCUT2D eigenvalue weighted by Gasteiger charge is 2.36. The Balaban J connectivity index is 1.84. The van der Waals surface area contributed by atoms with Gasteiger partial charge in [0.25, 0.3) is 0 Å². The monoisotopic (exact) mass is 320 g/mol. The lowest BCUT2D eigenvalue weighted by Crippen LogP contribution is -2.41. The van der Waals surface area contributed by atoms with Crippen LogP contribution in [0.15, 0.2) is 12.4 Å². The van der Waals surface area contributed by atoms with Crippen LogP contribution in [0.2, 0.25) is 0 Å². The number of hydrogen-bond donors (Lipinski definition) is 1. The van der Waals surface area contributed by atoms with E-state index in [1.807, 2.05) is 18.0 Å². The maximum absolute atomic E-state index is 12.4. The molecule has 1 aliphatic heterocycles. The van der Waals surface area contributed by atoms with Gasteiger partial charge in [0.05, 0.1) is 6.04 Å². The van der Waals surface area contributed by atoms with E-state index in [2.05, 4.69) is 28.7 Å². The number of hydrogen-bond acceptors (Lipinski definition) is 3. The summed E-state index contributed by atoms with van der Waals surface area (Å²) in [7, 11) is 0. The fraction of sp³-hybridized carbons (Fsp3) is 0.706. The first-order chi connectivity index (χ1) is 10.9. The van der Waals surface area contributed by atoms with Gasteiger partial charge in [-0.1, -0.05) is 13.8 Å². The maximum atomic E-state index is 12.4. The summed E-state index contributed by atoms with van der Waals surface area (Å²) < 4.78 is 2.06. The molecule has 6 heteroatoms. The number of nitrogens with zero attached hydrogens (tertiary/aromatic N) is 3. The van der Waals surface area contributed by atoms with Crippen molar-refractivity contribution in [2.24, 2.45) is 11.8 Å². The number of aryl methyl sites for hydroxylation is 2. The van der Waals surface area contributed by atoms with Crippen molar-refractivity contribution in [1.29, 1.82) is 0 Å². The molecule has 1 aromatic heterocycles. The number of carbonyl (C=O) groups is 2. The number of nitrogens with one attached hydrogen (secondary N) is 1. The molecule has 1 N–H and O–H groups in total. The molecule has 0 saturated carbocycles. The van der Waals surface area contributed by atoms with Gasteiger partial charge in [-0.25, -0.2) is 4.98 Å². The van der Waals surface area contributed by atoms with Gasteiger partial charge < -0.3 is 14.8 Å². The number of amides is 2. The summed E-state index contributed by atoms with van der Waals surface area (Å²) in [6, 6.07) is 0.0762. The van der Waals surface area contributed by atoms with E-state index < -0.39 is 0 Å². The Morgan fingerprint density at radius 2 is 2.13 bits per heavy atom. The SMILES string of the molecule is CC(=O)N[C@@H]1CN(C(=O)CCCn2ccnc2C)C[C@H]1C(C)C. The zero-order valence-corrected chi connectivity index (χ0v) is 14.6. The standard InChI is InChI=1S/C17H28N4O2/c1-12(2)15-10-21(11-16(15)19-14(4)22)17(23)6-5-8-20-9-7-18-13(20)3/h7,9,12,15-16H,5-6,8,10-11H2,1-4H3,(H,19,22)/t15-,16+/m0/s1. The molecule has 0 aliphatic carbocycles. The Hall–Kier alpha value is -1.85. The first kappa shape index (κ1) is 17.5. The lowest BCUT2D eigenvalue weighted by molar-refractivity contribution is -0.130. The molecule has 2 amide bonds. The van der Waals surface area contributed by atoms with E-state index in [0.29, 0.717) is 24.8 Å². The Kier molecular flexibility index (Phi) is 5.80. The summed E-state index contributed by atoms with van der Waals surface area (Å²) in [5.41, 5.74) is 0. The molecule has 0 radical (unpaired) electrons. The van der Waals surface area contributed by atoms with Crippen LogP contribution in [0.1, 0.15) is 39.4 Å². The third-order valence-electron chi connectivity index (χ3n) is 4.68. The number of carbonyl (C=O) groups excluding carboxylic acids is 2. The highest BCUT2D eigenvalue weighted by Crippen LogP contribution is 2.25. The van der Waals surface area contributed by atoms with Crippen LogP contribution in [0.25, 0.3) is 0 Å². The van der Waals surface area contributed by atoms with Crippen LogP contribution in [0.5, 0.6) is 0 Å². The highest BCUT2D eigenvalue weighted by atomic mass is 16.2. The van der Waals surface area contributed by atoms with Crippen molar-refractivity contribution in [3.8, 4) is 0 Å². The highest BCUT2D eigenvalue weighted by molar-refractivity contribution is 5.77. The third-order valence-corrected chi connectivity index (χ3v) is 4.68. The van der Waals surface area contributed by atoms with E-state index in [1.54, 1.807) is 6.20 Å². The second-order valence-corrected chi connectivity index (χ2v) is 6.79. The van der Waals surface area contributed by atoms with E-state index in [0.717, 1.165) is 25.3 Å². The minimum absolute atomic E-state index is 0.0227. The van der Waals surface area contributed by atoms with Crippen LogP contribution in [-0.2, 0) is 16.1 Å². The quantitative estimate of drug-likeness (QED) is 0.865. The average molecular weight is 320 g/mol. The molecular formula is C17H28N4O2. The van der Waals surface area contributed by atoms with E-state index in [1.165, 1.54) is 6.92 Å². The van der Waals surface area contributed by atoms with Crippen molar-refractivity contribution in [3.05, 3.63) is 18.2 Å². The molecule has 0 bridgehead atoms. The molecule has 0 spiro atoms. The summed E-state index contributed by atoms with van der Waals surface area (Å²) >= 11 is 0. The fourth-order valence-electron chi connectivity index (χ4n) is 3.32. The van der Waals surface area contributed by atoms with Crippen LogP contribution >= 0.6 is 0 Å². The lowest BCUT2D eigenvalue weighted by atomic mass is 9.91. The summed E-state index contributed by atoms with van der Waals surface area (Å²) in [5.74, 6) is 1.91. The van der Waals surface area contributed by atoms with Crippen molar-refractivity contribution in [2.45, 2.75) is 53.1 Å². The Morgan fingerprint density at radius 1 is 1.39 bits per heavy atom. The third kappa shape index (κ3) is 4.56. The zero-order chi connectivity index (χ0) is 17.0. The van der Waals surface area contributed by atoms with Crippen LogP contribution in [0.3, 0.4) is 0 Å². The summed E-state index contributed by atoms with van der Waals surface area (Å²) in [6.45, 7) is 9.98. The van der Waals surface area contributed by atoms with Crippen LogP contribution in [0, 0.1) is 18.8 Å². The largest absolute Gasteiger partial charge is 0.351 e. The maximum Gasteiger partial charge on any atom is 0.222 e. The van der Waals surface area contributed by atoms with Gasteiger partial charge in [-0.15, -0.1) is 0 Å². The van der Waals surface area contributed by atoms with E-state index in [4.69, 9.17) is 0 Å². The Morgan fingerprint density at radius 3 is 2.70 bits per heavy atom. The predicted octanol–water partition coefficient (Wildman–Crippen LogP) is 1.59. The second-order valence-electron chi connectivity index (χ2n) is 6.79. The van der Waals surface area contributed by atoms with Gasteiger partial charge in [0, 0.05) is 51.3 Å². The van der Waals surface area contributed by atoms with Crippen molar-refractivity contribution >= 4 is 11.8 Å². The smallest absolute Gasteiger partial charge is 0.222 e. The van der Waals surface area contributed by atoms with Crippen molar-refractivity contribution in [1.82, 2.24) is 19.8 Å². The summed E-state index contributed by atoms with van der Waals surface area (Å²) in [5, 5.41) is 3.00. The number of aromatic nitrogens is 2. The zero-order valence-electron chi connectivity index (χ0n) is 14.6. The molecule has 2 atom stereocenters. The van der Waals surface area contributed by atoms with Crippen molar-refractivity contribution in [3.63, 3.8) is 0 Å². The first-order valence-electron chi connectivity index (χ1n) is 8.41. The van der Waals surface area contributed by atoms with Gasteiger partial charge >= 0.3 is 0 Å². The van der Waals surface area contributed by atoms with Gasteiger partial charge in [0.2, 0.25) is 11.8 Å². The lowest BCUT2D eigenvalue weighted by Gasteiger charge is -2.21. The van der Waals surface area contributed by atoms with Gasteiger partial charge in [-0.2, -0.15) is 0 Å². The minimum Gasteiger partial charge on any atom is -0.351 e. The van der Waals surface area contributed by atoms with Gasteiger partial charge in [0.15, 0.2) is 0 Å². The Labute approximate surface area is 138 Å². The molecule has 0 unspecified atom stereocenters. The Bertz CT molecular complexity index is 553. The molecule has 1 fully saturated rings. The second kappa shape index (κ2) is 7.62. The fourth-order valence-corrected chi connectivity index (χ4v) is 3.32. The summed E-state index contributed by atoms with van der Waals surface area (Å²) in [6.07, 6.45) is 5.07. The minimum atomic E-state index is -0.0227. The molecular weight excluding hydrogens is 292 g/mol. The average Bonchev–Trinajstić information content (AvgIpc) is 3.05. The number of likely N-dealkylation sites (tertiary alicyclic amines) is 1. The first-order valence-corrected chi connectivity index (χ1v) is 8.41. The van der Waals surface area contributed by atoms with E-state index in [-0.39, 0.29) is 17.9 Å². The number of rotatable bonds is 6. The molecule has 1 aliphatic rings. The van der Waals surface area contributed by atoms with Gasteiger partial charge in [-0.05, 0) is 19.3 Å². The molecule has 1 aromatic rings. The van der Waals surface area contributed by atoms with E-state index in [9.17, 15) is 9.59 Å². The normalized spacial score (nSPS) is 21.0. The molecule has 2 rings (SSSR count). The van der Waals surface area contributed by atoms with Crippen LogP contribution in [0.4, 0.5) is 0 Å². The molecule has 23 heavy (non-hydrogen) atoms. The van der Waals surface area contributed by atoms with Gasteiger partial charge in [0.1, 0.15) is 5.82 Å². The van der Waals surface area contributed by atoms with Crippen molar-refractivity contribution < 1.29 is 9.59 Å². The van der Waals surface area contributed by atoms with E-state index >= 15 is 0 Å². The molecule has 6 nitrogen and oxygen atoms in total. The molecule has 2 heterocycles. The van der Waals surface area contributed by atoms with Crippen LogP contribution < -0.4 is 5.32 Å². The topological polar surface area (TPSA) is 67.2 Å². The number of imidazole rings is 1. The predicted molar refractivity (Wildman–Crippen MR) is 88.7 cm³/mol. The molecule has 128 valence electrons. The molecule has 0 aromatic carbocycles. The van der Waals surface area contributed by atoms with Crippen molar-refractivity contribution in [2.75, 3.05) is 13.1 Å². The van der Waals surface area contributed by atoms with Gasteiger partial charge in [-0.3, -0.25) is 9.59 Å². The van der Waals surface area contributed by atoms with Crippen LogP contribution in [-0.4, -0.2) is 45.4 Å². The molecule has 1 saturated heterocycles. The summed E-state index contributed by atoms with van der Waals surface area (Å²) in [4.78, 5) is 29.9.